The van der Waals surface area contributed by atoms with Gasteiger partial charge in [-0.1, -0.05) is 35.4 Å². The van der Waals surface area contributed by atoms with Crippen molar-refractivity contribution in [2.24, 2.45) is 0 Å². The molecule has 4 rings (SSSR count). The molecule has 0 spiro atoms. The second kappa shape index (κ2) is 11.3. The molecule has 0 saturated carbocycles. The van der Waals surface area contributed by atoms with Gasteiger partial charge in [-0.2, -0.15) is 0 Å². The van der Waals surface area contributed by atoms with Crippen LogP contribution in [0.2, 0.25) is 0 Å². The SMILES string of the molecule is COc1cc(/C=C2/C(=O)NC(=O)N(c3ccc(C)cc3)C2=O)cc(Br)c1OCCOc1ccc(C)cc1. The van der Waals surface area contributed by atoms with Crippen LogP contribution in [0.25, 0.3) is 6.08 Å². The molecule has 3 aromatic rings. The first-order valence-corrected chi connectivity index (χ1v) is 12.2. The highest BCUT2D eigenvalue weighted by Crippen LogP contribution is 2.37. The fourth-order valence-corrected chi connectivity index (χ4v) is 4.23. The van der Waals surface area contributed by atoms with Gasteiger partial charge in [-0.3, -0.25) is 14.9 Å². The first kappa shape index (κ1) is 26.0. The minimum Gasteiger partial charge on any atom is -0.493 e. The van der Waals surface area contributed by atoms with Crippen LogP contribution in [0.1, 0.15) is 16.7 Å². The number of barbiturate groups is 1. The van der Waals surface area contributed by atoms with Gasteiger partial charge < -0.3 is 14.2 Å². The molecule has 1 saturated heterocycles. The van der Waals surface area contributed by atoms with Crippen molar-refractivity contribution in [1.29, 1.82) is 0 Å². The molecule has 1 heterocycles. The zero-order valence-electron chi connectivity index (χ0n) is 20.5. The number of benzene rings is 3. The third-order valence-corrected chi connectivity index (χ3v) is 6.17. The number of carbonyl (C=O) groups is 3. The maximum atomic E-state index is 13.1. The second-order valence-corrected chi connectivity index (χ2v) is 9.19. The lowest BCUT2D eigenvalue weighted by molar-refractivity contribution is -0.122. The summed E-state index contributed by atoms with van der Waals surface area (Å²) >= 11 is 3.48. The monoisotopic (exact) mass is 564 g/mol. The minimum atomic E-state index is -0.800. The fourth-order valence-electron chi connectivity index (χ4n) is 3.65. The zero-order valence-corrected chi connectivity index (χ0v) is 22.1. The molecule has 190 valence electrons. The Balaban J connectivity index is 1.52. The number of anilines is 1. The molecule has 37 heavy (non-hydrogen) atoms. The molecule has 1 N–H and O–H groups in total. The Morgan fingerprint density at radius 1 is 0.892 bits per heavy atom. The topological polar surface area (TPSA) is 94.2 Å². The van der Waals surface area contributed by atoms with Gasteiger partial charge in [0, 0.05) is 0 Å². The molecule has 1 aliphatic rings. The molecule has 3 aromatic carbocycles. The molecule has 0 atom stereocenters. The van der Waals surface area contributed by atoms with Gasteiger partial charge in [-0.25, -0.2) is 9.69 Å². The van der Waals surface area contributed by atoms with Crippen molar-refractivity contribution >= 4 is 45.5 Å². The second-order valence-electron chi connectivity index (χ2n) is 8.34. The van der Waals surface area contributed by atoms with Crippen LogP contribution in [0.5, 0.6) is 17.2 Å². The number of urea groups is 1. The van der Waals surface area contributed by atoms with Crippen molar-refractivity contribution in [3.8, 4) is 17.2 Å². The van der Waals surface area contributed by atoms with Crippen LogP contribution < -0.4 is 24.4 Å². The van der Waals surface area contributed by atoms with Crippen LogP contribution in [0.3, 0.4) is 0 Å². The predicted molar refractivity (Wildman–Crippen MR) is 143 cm³/mol. The standard InChI is InChI=1S/C28H25BrN2O6/c1-17-4-8-20(9-5-17)31-27(33)22(26(32)30-28(31)34)14-19-15-23(29)25(24(16-19)35-3)37-13-12-36-21-10-6-18(2)7-11-21/h4-11,14-16H,12-13H2,1-3H3,(H,30,32,34)/b22-14-. The van der Waals surface area contributed by atoms with Gasteiger partial charge in [-0.15, -0.1) is 0 Å². The summed E-state index contributed by atoms with van der Waals surface area (Å²) < 4.78 is 17.6. The number of ether oxygens (including phenoxy) is 3. The number of amides is 4. The quantitative estimate of drug-likeness (QED) is 0.229. The number of nitrogens with one attached hydrogen (secondary N) is 1. The van der Waals surface area contributed by atoms with E-state index in [0.29, 0.717) is 33.8 Å². The molecule has 8 nitrogen and oxygen atoms in total. The van der Waals surface area contributed by atoms with Crippen LogP contribution in [0.4, 0.5) is 10.5 Å². The number of hydrogen-bond donors (Lipinski definition) is 1. The van der Waals surface area contributed by atoms with E-state index >= 15 is 0 Å². The van der Waals surface area contributed by atoms with Crippen molar-refractivity contribution in [1.82, 2.24) is 5.32 Å². The van der Waals surface area contributed by atoms with Crippen LogP contribution in [0.15, 0.2) is 70.7 Å². The average Bonchev–Trinajstić information content (AvgIpc) is 2.87. The molecular weight excluding hydrogens is 540 g/mol. The van der Waals surface area contributed by atoms with Crippen LogP contribution in [-0.2, 0) is 9.59 Å². The van der Waals surface area contributed by atoms with E-state index in [2.05, 4.69) is 21.2 Å². The largest absolute Gasteiger partial charge is 0.493 e. The summed E-state index contributed by atoms with van der Waals surface area (Å²) in [6.45, 7) is 4.48. The van der Waals surface area contributed by atoms with Gasteiger partial charge in [0.15, 0.2) is 11.5 Å². The van der Waals surface area contributed by atoms with Crippen molar-refractivity contribution in [3.63, 3.8) is 0 Å². The van der Waals surface area contributed by atoms with E-state index in [1.165, 1.54) is 13.2 Å². The fraction of sp³-hybridized carbons (Fsp3) is 0.179. The molecular formula is C28H25BrN2O6. The van der Waals surface area contributed by atoms with E-state index in [0.717, 1.165) is 21.8 Å². The predicted octanol–water partition coefficient (Wildman–Crippen LogP) is 5.20. The third-order valence-electron chi connectivity index (χ3n) is 5.58. The lowest BCUT2D eigenvalue weighted by Crippen LogP contribution is -2.54. The molecule has 1 aliphatic heterocycles. The first-order valence-electron chi connectivity index (χ1n) is 11.4. The van der Waals surface area contributed by atoms with Crippen LogP contribution >= 0.6 is 15.9 Å². The number of imide groups is 2. The highest BCUT2D eigenvalue weighted by Gasteiger charge is 2.36. The first-order chi connectivity index (χ1) is 17.8. The zero-order chi connectivity index (χ0) is 26.5. The summed E-state index contributed by atoms with van der Waals surface area (Å²) in [5, 5.41) is 2.23. The summed E-state index contributed by atoms with van der Waals surface area (Å²) in [4.78, 5) is 39.0. The Hall–Kier alpha value is -4.11. The van der Waals surface area contributed by atoms with Gasteiger partial charge in [0.05, 0.1) is 17.3 Å². The molecule has 1 fully saturated rings. The maximum absolute atomic E-state index is 13.1. The van der Waals surface area contributed by atoms with E-state index in [4.69, 9.17) is 14.2 Å². The Kier molecular flexibility index (Phi) is 7.93. The van der Waals surface area contributed by atoms with E-state index in [1.807, 2.05) is 38.1 Å². The van der Waals surface area contributed by atoms with Crippen molar-refractivity contribution in [3.05, 3.63) is 87.4 Å². The molecule has 0 aromatic heterocycles. The van der Waals surface area contributed by atoms with Gasteiger partial charge in [0.25, 0.3) is 11.8 Å². The van der Waals surface area contributed by atoms with Crippen LogP contribution in [-0.4, -0.2) is 38.2 Å². The number of hydrogen-bond acceptors (Lipinski definition) is 6. The summed E-state index contributed by atoms with van der Waals surface area (Å²) in [5.74, 6) is 0.0961. The lowest BCUT2D eigenvalue weighted by atomic mass is 10.1. The van der Waals surface area contributed by atoms with Gasteiger partial charge in [0.2, 0.25) is 0 Å². The number of aryl methyl sites for hydroxylation is 2. The molecule has 0 bridgehead atoms. The number of nitrogens with zero attached hydrogens (tertiary/aromatic N) is 1. The Bertz CT molecular complexity index is 1370. The molecule has 0 aliphatic carbocycles. The smallest absolute Gasteiger partial charge is 0.335 e. The number of rotatable bonds is 8. The summed E-state index contributed by atoms with van der Waals surface area (Å²) in [7, 11) is 1.49. The number of carbonyl (C=O) groups excluding carboxylic acids is 3. The summed E-state index contributed by atoms with van der Waals surface area (Å²) in [6, 6.07) is 17.1. The van der Waals surface area contributed by atoms with E-state index in [9.17, 15) is 14.4 Å². The Labute approximate surface area is 223 Å². The normalized spacial score (nSPS) is 14.5. The van der Waals surface area contributed by atoms with Crippen molar-refractivity contribution < 1.29 is 28.6 Å². The van der Waals surface area contributed by atoms with Crippen molar-refractivity contribution in [2.45, 2.75) is 13.8 Å². The lowest BCUT2D eigenvalue weighted by Gasteiger charge is -2.26. The number of methoxy groups -OCH3 is 1. The van der Waals surface area contributed by atoms with Crippen molar-refractivity contribution in [2.75, 3.05) is 25.2 Å². The highest BCUT2D eigenvalue weighted by atomic mass is 79.9. The van der Waals surface area contributed by atoms with Crippen LogP contribution in [0, 0.1) is 13.8 Å². The molecule has 0 unspecified atom stereocenters. The van der Waals surface area contributed by atoms with E-state index in [-0.39, 0.29) is 12.2 Å². The number of halogens is 1. The third kappa shape index (κ3) is 6.00. The Morgan fingerprint density at radius 3 is 2.16 bits per heavy atom. The minimum absolute atomic E-state index is 0.186. The highest BCUT2D eigenvalue weighted by molar-refractivity contribution is 9.10. The van der Waals surface area contributed by atoms with E-state index in [1.54, 1.807) is 36.4 Å². The molecule has 4 amide bonds. The average molecular weight is 565 g/mol. The van der Waals surface area contributed by atoms with E-state index < -0.39 is 17.8 Å². The van der Waals surface area contributed by atoms with Gasteiger partial charge in [0.1, 0.15) is 24.5 Å². The molecule has 0 radical (unpaired) electrons. The summed E-state index contributed by atoms with van der Waals surface area (Å²) in [5.41, 5.74) is 2.80. The summed E-state index contributed by atoms with van der Waals surface area (Å²) in [6.07, 6.45) is 1.41. The maximum Gasteiger partial charge on any atom is 0.335 e. The van der Waals surface area contributed by atoms with Gasteiger partial charge in [-0.05, 0) is 77.8 Å². The van der Waals surface area contributed by atoms with Gasteiger partial charge >= 0.3 is 6.03 Å². The molecule has 9 heteroatoms. The Morgan fingerprint density at radius 2 is 1.51 bits per heavy atom.